The summed E-state index contributed by atoms with van der Waals surface area (Å²) in [6, 6.07) is 0. The smallest absolute Gasteiger partial charge is 0.216 e. The minimum absolute atomic E-state index is 0.0412. The Labute approximate surface area is 81.1 Å². The van der Waals surface area contributed by atoms with Crippen LogP contribution in [0.15, 0.2) is 6.33 Å². The lowest BCUT2D eigenvalue weighted by atomic mass is 10.5. The number of nitrogens with zero attached hydrogens (tertiary/aromatic N) is 3. The van der Waals surface area contributed by atoms with Crippen molar-refractivity contribution in [2.45, 2.75) is 19.3 Å². The Morgan fingerprint density at radius 3 is 3.15 bits per heavy atom. The quantitative estimate of drug-likeness (QED) is 0.708. The summed E-state index contributed by atoms with van der Waals surface area (Å²) in [4.78, 5) is 10.5. The summed E-state index contributed by atoms with van der Waals surface area (Å²) >= 11 is 5.60. The van der Waals surface area contributed by atoms with E-state index >= 15 is 0 Å². The summed E-state index contributed by atoms with van der Waals surface area (Å²) in [5.74, 6) is 1.01. The first-order chi connectivity index (χ1) is 6.24. The molecule has 0 atom stereocenters. The summed E-state index contributed by atoms with van der Waals surface area (Å²) in [5, 5.41) is 10.2. The van der Waals surface area contributed by atoms with Gasteiger partial charge in [0.2, 0.25) is 5.91 Å². The summed E-state index contributed by atoms with van der Waals surface area (Å²) in [5.41, 5.74) is 0. The molecule has 0 bridgehead atoms. The Morgan fingerprint density at radius 1 is 1.77 bits per heavy atom. The van der Waals surface area contributed by atoms with Crippen LogP contribution in [0.1, 0.15) is 12.7 Å². The van der Waals surface area contributed by atoms with Crippen molar-refractivity contribution >= 4 is 17.5 Å². The summed E-state index contributed by atoms with van der Waals surface area (Å²) in [7, 11) is 0. The summed E-state index contributed by atoms with van der Waals surface area (Å²) in [6.07, 6.45) is 1.60. The van der Waals surface area contributed by atoms with Crippen LogP contribution in [0.2, 0.25) is 0 Å². The monoisotopic (exact) mass is 202 g/mol. The highest BCUT2D eigenvalue weighted by Crippen LogP contribution is 1.97. The standard InChI is InChI=1S/C7H11ClN4O/c1-6(13)9-2-3-12-5-10-11-7(12)4-8/h5H,2-4H2,1H3,(H,9,13). The van der Waals surface area contributed by atoms with E-state index in [-0.39, 0.29) is 5.91 Å². The van der Waals surface area contributed by atoms with Crippen molar-refractivity contribution in [1.29, 1.82) is 0 Å². The fourth-order valence-electron chi connectivity index (χ4n) is 0.922. The van der Waals surface area contributed by atoms with E-state index in [9.17, 15) is 4.79 Å². The first-order valence-electron chi connectivity index (χ1n) is 3.91. The fraction of sp³-hybridized carbons (Fsp3) is 0.571. The Bertz CT molecular complexity index is 286. The van der Waals surface area contributed by atoms with E-state index in [4.69, 9.17) is 11.6 Å². The van der Waals surface area contributed by atoms with Crippen LogP contribution < -0.4 is 5.32 Å². The lowest BCUT2D eigenvalue weighted by Gasteiger charge is -2.04. The van der Waals surface area contributed by atoms with Crippen LogP contribution in [0.5, 0.6) is 0 Å². The number of rotatable bonds is 4. The Morgan fingerprint density at radius 2 is 2.54 bits per heavy atom. The molecular weight excluding hydrogens is 192 g/mol. The molecule has 0 aliphatic carbocycles. The lowest BCUT2D eigenvalue weighted by Crippen LogP contribution is -2.24. The van der Waals surface area contributed by atoms with Crippen LogP contribution >= 0.6 is 11.6 Å². The number of aromatic nitrogens is 3. The van der Waals surface area contributed by atoms with Gasteiger partial charge in [0, 0.05) is 20.0 Å². The average molecular weight is 203 g/mol. The molecule has 0 aliphatic rings. The van der Waals surface area contributed by atoms with Gasteiger partial charge in [0.05, 0.1) is 5.88 Å². The SMILES string of the molecule is CC(=O)NCCn1cnnc1CCl. The van der Waals surface area contributed by atoms with E-state index in [2.05, 4.69) is 15.5 Å². The molecule has 1 rings (SSSR count). The number of amides is 1. The van der Waals surface area contributed by atoms with E-state index in [1.54, 1.807) is 6.33 Å². The average Bonchev–Trinajstić information content (AvgIpc) is 2.51. The van der Waals surface area contributed by atoms with Crippen LogP contribution in [0.3, 0.4) is 0 Å². The molecule has 0 radical (unpaired) electrons. The zero-order valence-electron chi connectivity index (χ0n) is 7.33. The van der Waals surface area contributed by atoms with Gasteiger partial charge in [-0.05, 0) is 0 Å². The second-order valence-corrected chi connectivity index (χ2v) is 2.82. The number of hydrogen-bond acceptors (Lipinski definition) is 3. The van der Waals surface area contributed by atoms with Gasteiger partial charge in [-0.2, -0.15) is 0 Å². The molecule has 6 heteroatoms. The zero-order valence-corrected chi connectivity index (χ0v) is 8.08. The normalized spacial score (nSPS) is 10.0. The third-order valence-electron chi connectivity index (χ3n) is 1.54. The van der Waals surface area contributed by atoms with E-state index < -0.39 is 0 Å². The van der Waals surface area contributed by atoms with Crippen LogP contribution in [0.25, 0.3) is 0 Å². The predicted molar refractivity (Wildman–Crippen MR) is 48.3 cm³/mol. The van der Waals surface area contributed by atoms with Gasteiger partial charge in [0.1, 0.15) is 12.2 Å². The molecule has 1 N–H and O–H groups in total. The first-order valence-corrected chi connectivity index (χ1v) is 4.44. The Balaban J connectivity index is 2.40. The minimum Gasteiger partial charge on any atom is -0.355 e. The van der Waals surface area contributed by atoms with Crippen molar-refractivity contribution in [3.05, 3.63) is 12.2 Å². The van der Waals surface area contributed by atoms with Crippen molar-refractivity contribution in [2.75, 3.05) is 6.54 Å². The van der Waals surface area contributed by atoms with E-state index in [0.717, 1.165) is 0 Å². The van der Waals surface area contributed by atoms with Crippen molar-refractivity contribution in [1.82, 2.24) is 20.1 Å². The van der Waals surface area contributed by atoms with Gasteiger partial charge in [-0.15, -0.1) is 21.8 Å². The second kappa shape index (κ2) is 4.81. The van der Waals surface area contributed by atoms with Gasteiger partial charge in [-0.1, -0.05) is 0 Å². The van der Waals surface area contributed by atoms with Crippen molar-refractivity contribution in [3.8, 4) is 0 Å². The molecule has 0 saturated heterocycles. The van der Waals surface area contributed by atoms with E-state index in [0.29, 0.717) is 24.8 Å². The van der Waals surface area contributed by atoms with Gasteiger partial charge >= 0.3 is 0 Å². The van der Waals surface area contributed by atoms with Crippen molar-refractivity contribution in [2.24, 2.45) is 0 Å². The molecule has 0 spiro atoms. The molecule has 1 aromatic heterocycles. The van der Waals surface area contributed by atoms with Crippen molar-refractivity contribution in [3.63, 3.8) is 0 Å². The highest BCUT2D eigenvalue weighted by Gasteiger charge is 2.01. The molecule has 1 heterocycles. The molecule has 0 fully saturated rings. The van der Waals surface area contributed by atoms with E-state index in [1.807, 2.05) is 4.57 Å². The number of nitrogens with one attached hydrogen (secondary N) is 1. The maximum Gasteiger partial charge on any atom is 0.216 e. The number of carbonyl (C=O) groups excluding carboxylic acids is 1. The lowest BCUT2D eigenvalue weighted by molar-refractivity contribution is -0.118. The molecule has 1 amide bonds. The Hall–Kier alpha value is -1.10. The largest absolute Gasteiger partial charge is 0.355 e. The van der Waals surface area contributed by atoms with Gasteiger partial charge in [0.25, 0.3) is 0 Å². The van der Waals surface area contributed by atoms with Crippen LogP contribution in [0, 0.1) is 0 Å². The topological polar surface area (TPSA) is 59.8 Å². The molecule has 0 unspecified atom stereocenters. The van der Waals surface area contributed by atoms with Gasteiger partial charge in [-0.3, -0.25) is 4.79 Å². The number of alkyl halides is 1. The molecule has 0 saturated carbocycles. The van der Waals surface area contributed by atoms with Crippen LogP contribution in [-0.2, 0) is 17.2 Å². The molecular formula is C7H11ClN4O. The minimum atomic E-state index is -0.0412. The molecule has 5 nitrogen and oxygen atoms in total. The molecule has 0 aliphatic heterocycles. The Kier molecular flexibility index (Phi) is 3.70. The highest BCUT2D eigenvalue weighted by molar-refractivity contribution is 6.16. The first kappa shape index (κ1) is 9.98. The second-order valence-electron chi connectivity index (χ2n) is 2.56. The molecule has 1 aromatic rings. The third kappa shape index (κ3) is 3.02. The predicted octanol–water partition coefficient (Wildman–Crippen LogP) is 0.153. The summed E-state index contributed by atoms with van der Waals surface area (Å²) in [6.45, 7) is 2.69. The maximum atomic E-state index is 10.5. The number of carbonyl (C=O) groups is 1. The van der Waals surface area contributed by atoms with Gasteiger partial charge in [-0.25, -0.2) is 0 Å². The summed E-state index contributed by atoms with van der Waals surface area (Å²) < 4.78 is 1.81. The molecule has 13 heavy (non-hydrogen) atoms. The van der Waals surface area contributed by atoms with Crippen molar-refractivity contribution < 1.29 is 4.79 Å². The van der Waals surface area contributed by atoms with E-state index in [1.165, 1.54) is 6.92 Å². The maximum absolute atomic E-state index is 10.5. The zero-order chi connectivity index (χ0) is 9.68. The van der Waals surface area contributed by atoms with Gasteiger partial charge < -0.3 is 9.88 Å². The van der Waals surface area contributed by atoms with Crippen LogP contribution in [0.4, 0.5) is 0 Å². The van der Waals surface area contributed by atoms with Gasteiger partial charge in [0.15, 0.2) is 0 Å². The molecule has 72 valence electrons. The third-order valence-corrected chi connectivity index (χ3v) is 1.78. The van der Waals surface area contributed by atoms with Crippen LogP contribution in [-0.4, -0.2) is 27.2 Å². The number of hydrogen-bond donors (Lipinski definition) is 1. The number of halogens is 1. The highest BCUT2D eigenvalue weighted by atomic mass is 35.5. The fourth-order valence-corrected chi connectivity index (χ4v) is 1.13. The molecule has 0 aromatic carbocycles.